The topological polar surface area (TPSA) is 129 Å². The molecule has 2 aromatic rings. The molecule has 214 valence electrons. The van der Waals surface area contributed by atoms with Gasteiger partial charge < -0.3 is 19.3 Å². The van der Waals surface area contributed by atoms with Crippen LogP contribution in [0.25, 0.3) is 5.70 Å². The van der Waals surface area contributed by atoms with E-state index in [1.807, 2.05) is 12.1 Å². The fourth-order valence-corrected chi connectivity index (χ4v) is 6.77. The number of methoxy groups -OCH3 is 1. The van der Waals surface area contributed by atoms with Crippen molar-refractivity contribution in [1.29, 1.82) is 0 Å². The lowest BCUT2D eigenvalue weighted by Crippen LogP contribution is -2.43. The highest BCUT2D eigenvalue weighted by molar-refractivity contribution is 5.74. The quantitative estimate of drug-likeness (QED) is 0.240. The molecule has 3 aliphatic rings. The highest BCUT2D eigenvalue weighted by Gasteiger charge is 2.54. The third-order valence-corrected chi connectivity index (χ3v) is 8.89. The number of carbonyl (C=O) groups excluding carboxylic acids is 1. The number of carbonyl (C=O) groups is 1. The summed E-state index contributed by atoms with van der Waals surface area (Å²) in [6.07, 6.45) is 5.53. The molecule has 10 nitrogen and oxygen atoms in total. The summed E-state index contributed by atoms with van der Waals surface area (Å²) in [5.74, 6) is 1.26. The number of non-ortho nitro benzene ring substituents is 1. The average molecular weight is 553 g/mol. The van der Waals surface area contributed by atoms with Gasteiger partial charge >= 0.3 is 5.97 Å². The summed E-state index contributed by atoms with van der Waals surface area (Å²) in [5.41, 5.74) is 6.58. The zero-order valence-electron chi connectivity index (χ0n) is 23.1. The number of nitro groups is 1. The smallest absolute Gasteiger partial charge is 0.344 e. The Bertz CT molecular complexity index is 1290. The lowest BCUT2D eigenvalue weighted by Gasteiger charge is -2.49. The number of nitrogens with one attached hydrogen (secondary N) is 1. The van der Waals surface area contributed by atoms with Gasteiger partial charge in [-0.2, -0.15) is 0 Å². The molecule has 0 amide bonds. The molecular formula is C30H36N2O8. The molecule has 0 bridgehead atoms. The third kappa shape index (κ3) is 5.25. The van der Waals surface area contributed by atoms with Gasteiger partial charge in [0.15, 0.2) is 18.1 Å². The van der Waals surface area contributed by atoms with Gasteiger partial charge in [-0.1, -0.05) is 13.0 Å². The lowest BCUT2D eigenvalue weighted by atomic mass is 9.56. The van der Waals surface area contributed by atoms with E-state index < -0.39 is 10.9 Å². The van der Waals surface area contributed by atoms with E-state index in [4.69, 9.17) is 19.0 Å². The molecule has 2 saturated carbocycles. The molecule has 5 rings (SSSR count). The van der Waals surface area contributed by atoms with Gasteiger partial charge in [0.2, 0.25) is 0 Å². The van der Waals surface area contributed by atoms with E-state index in [-0.39, 0.29) is 48.9 Å². The van der Waals surface area contributed by atoms with Crippen LogP contribution in [-0.2, 0) is 21.0 Å². The highest BCUT2D eigenvalue weighted by atomic mass is 16.6. The predicted molar refractivity (Wildman–Crippen MR) is 146 cm³/mol. The number of nitrogens with zero attached hydrogens (tertiary/aromatic N) is 1. The van der Waals surface area contributed by atoms with Gasteiger partial charge in [-0.25, -0.2) is 4.79 Å². The van der Waals surface area contributed by atoms with Crippen LogP contribution >= 0.6 is 0 Å². The van der Waals surface area contributed by atoms with Crippen molar-refractivity contribution in [3.8, 4) is 11.5 Å². The van der Waals surface area contributed by atoms with Crippen LogP contribution in [-0.4, -0.2) is 42.4 Å². The van der Waals surface area contributed by atoms with Gasteiger partial charge in [-0.05, 0) is 91.2 Å². The maximum absolute atomic E-state index is 12.0. The number of ether oxygens (including phenoxy) is 3. The number of nitro benzene ring substituents is 1. The Hall–Kier alpha value is -3.63. The number of hydrogen-bond acceptors (Lipinski definition) is 9. The van der Waals surface area contributed by atoms with E-state index in [1.54, 1.807) is 26.2 Å². The van der Waals surface area contributed by atoms with Crippen LogP contribution in [0.5, 0.6) is 11.5 Å². The van der Waals surface area contributed by atoms with Crippen LogP contribution in [0.4, 0.5) is 5.69 Å². The number of fused-ring (bicyclic) bond motifs is 5. The van der Waals surface area contributed by atoms with Crippen molar-refractivity contribution >= 4 is 17.4 Å². The van der Waals surface area contributed by atoms with Crippen molar-refractivity contribution in [2.45, 2.75) is 58.2 Å². The number of aliphatic hydroxyl groups is 1. The average Bonchev–Trinajstić information content (AvgIpc) is 3.26. The largest absolute Gasteiger partial charge is 0.493 e. The fraction of sp³-hybridized carbons (Fsp3) is 0.500. The van der Waals surface area contributed by atoms with E-state index >= 15 is 0 Å². The minimum atomic E-state index is -0.464. The minimum absolute atomic E-state index is 0.0232. The molecule has 0 saturated heterocycles. The molecule has 0 unspecified atom stereocenters. The predicted octanol–water partition coefficient (Wildman–Crippen LogP) is 4.89. The van der Waals surface area contributed by atoms with E-state index in [0.717, 1.165) is 48.1 Å². The Labute approximate surface area is 233 Å². The van der Waals surface area contributed by atoms with E-state index in [1.165, 1.54) is 12.1 Å². The molecule has 2 fully saturated rings. The Morgan fingerprint density at radius 3 is 2.65 bits per heavy atom. The minimum Gasteiger partial charge on any atom is -0.493 e. The van der Waals surface area contributed by atoms with Gasteiger partial charge in [0.25, 0.3) is 5.69 Å². The van der Waals surface area contributed by atoms with Crippen molar-refractivity contribution in [1.82, 2.24) is 5.48 Å². The molecule has 40 heavy (non-hydrogen) atoms. The van der Waals surface area contributed by atoms with Gasteiger partial charge in [0, 0.05) is 17.7 Å². The van der Waals surface area contributed by atoms with Crippen LogP contribution in [0.2, 0.25) is 0 Å². The van der Waals surface area contributed by atoms with Crippen molar-refractivity contribution in [2.75, 3.05) is 20.3 Å². The first-order valence-corrected chi connectivity index (χ1v) is 13.8. The van der Waals surface area contributed by atoms with Crippen molar-refractivity contribution in [3.63, 3.8) is 0 Å². The van der Waals surface area contributed by atoms with Crippen LogP contribution < -0.4 is 15.0 Å². The molecule has 0 radical (unpaired) electrons. The van der Waals surface area contributed by atoms with Crippen LogP contribution in [0.3, 0.4) is 0 Å². The third-order valence-electron chi connectivity index (χ3n) is 8.89. The molecule has 0 heterocycles. The Morgan fingerprint density at radius 1 is 1.18 bits per heavy atom. The van der Waals surface area contributed by atoms with E-state index in [9.17, 15) is 20.0 Å². The van der Waals surface area contributed by atoms with Crippen LogP contribution in [0, 0.1) is 27.4 Å². The monoisotopic (exact) mass is 552 g/mol. The molecule has 0 aliphatic heterocycles. The summed E-state index contributed by atoms with van der Waals surface area (Å²) < 4.78 is 16.5. The normalized spacial score (nSPS) is 26.6. The summed E-state index contributed by atoms with van der Waals surface area (Å²) in [7, 11) is 1.58. The number of esters is 1. The number of hydroxylamine groups is 1. The highest BCUT2D eigenvalue weighted by Crippen LogP contribution is 2.61. The van der Waals surface area contributed by atoms with Crippen molar-refractivity contribution < 1.29 is 33.9 Å². The van der Waals surface area contributed by atoms with Gasteiger partial charge in [0.05, 0.1) is 37.0 Å². The number of benzene rings is 2. The fourth-order valence-electron chi connectivity index (χ4n) is 6.77. The van der Waals surface area contributed by atoms with Crippen LogP contribution in [0.15, 0.2) is 42.5 Å². The standard InChI is InChI=1S/C30H36N2O8/c1-4-38-29(34)17-39-27-15-23-21(14-26(27)37-3)20-11-12-30(2)24(9-10-28(30)33)22(20)13-25(23)31-40-16-18-5-7-19(8-6-18)32(35)36/h5-8,13-15,20,22,24,28,31,33H,4,9-12,16-17H2,1-3H3/t20-,22-,24+,28+,30+/m1/s1. The van der Waals surface area contributed by atoms with Gasteiger partial charge in [0.1, 0.15) is 0 Å². The van der Waals surface area contributed by atoms with E-state index in [2.05, 4.69) is 18.5 Å². The maximum atomic E-state index is 12.0. The first-order chi connectivity index (χ1) is 19.2. The second kappa shape index (κ2) is 11.5. The first kappa shape index (κ1) is 27.9. The molecule has 2 aromatic carbocycles. The number of hydrogen-bond donors (Lipinski definition) is 2. The Balaban J connectivity index is 1.44. The Kier molecular flexibility index (Phi) is 8.00. The van der Waals surface area contributed by atoms with E-state index in [0.29, 0.717) is 17.4 Å². The van der Waals surface area contributed by atoms with Crippen LogP contribution in [0.1, 0.15) is 62.1 Å². The zero-order chi connectivity index (χ0) is 28.4. The molecular weight excluding hydrogens is 516 g/mol. The number of rotatable bonds is 10. The summed E-state index contributed by atoms with van der Waals surface area (Å²) in [6, 6.07) is 10.1. The van der Waals surface area contributed by atoms with Crippen molar-refractivity contribution in [3.05, 3.63) is 69.3 Å². The molecule has 2 N–H and O–H groups in total. The van der Waals surface area contributed by atoms with Crippen molar-refractivity contribution in [2.24, 2.45) is 17.3 Å². The summed E-state index contributed by atoms with van der Waals surface area (Å²) in [5, 5.41) is 21.8. The molecule has 0 aromatic heterocycles. The molecule has 3 aliphatic carbocycles. The first-order valence-electron chi connectivity index (χ1n) is 13.8. The zero-order valence-corrected chi connectivity index (χ0v) is 23.1. The molecule has 10 heteroatoms. The number of aliphatic hydroxyl groups excluding tert-OH is 1. The lowest BCUT2D eigenvalue weighted by molar-refractivity contribution is -0.384. The SMILES string of the molecule is CCOC(=O)COc1cc2c(cc1OC)[C@H]1CC[C@]3(C)[C@@H](O)CC[C@H]3[C@@H]1C=C2NOCc1ccc([N+](=O)[O-])cc1. The summed E-state index contributed by atoms with van der Waals surface area (Å²) in [4.78, 5) is 28.4. The second-order valence-corrected chi connectivity index (χ2v) is 11.0. The number of allylic oxidation sites excluding steroid dienone is 1. The molecule has 0 spiro atoms. The van der Waals surface area contributed by atoms with Gasteiger partial charge in [-0.3, -0.25) is 20.4 Å². The Morgan fingerprint density at radius 2 is 1.95 bits per heavy atom. The second-order valence-electron chi connectivity index (χ2n) is 11.0. The summed E-state index contributed by atoms with van der Waals surface area (Å²) in [6.45, 7) is 4.17. The maximum Gasteiger partial charge on any atom is 0.344 e. The molecule has 5 atom stereocenters. The summed E-state index contributed by atoms with van der Waals surface area (Å²) >= 11 is 0. The van der Waals surface area contributed by atoms with Gasteiger partial charge in [-0.15, -0.1) is 0 Å².